The highest BCUT2D eigenvalue weighted by atomic mass is 16.5. The zero-order valence-corrected chi connectivity index (χ0v) is 12.3. The molecule has 0 spiro atoms. The molecule has 1 aromatic heterocycles. The number of benzene rings is 1. The molecule has 2 rings (SSSR count). The van der Waals surface area contributed by atoms with Gasteiger partial charge in [-0.25, -0.2) is 0 Å². The molecule has 3 heteroatoms. The molecule has 0 bridgehead atoms. The lowest BCUT2D eigenvalue weighted by Crippen LogP contribution is -2.14. The first-order chi connectivity index (χ1) is 9.55. The summed E-state index contributed by atoms with van der Waals surface area (Å²) >= 11 is 0. The monoisotopic (exact) mass is 271 g/mol. The molecule has 2 aromatic rings. The summed E-state index contributed by atoms with van der Waals surface area (Å²) in [7, 11) is 0. The molecule has 1 heterocycles. The molecule has 3 nitrogen and oxygen atoms in total. The molecule has 0 radical (unpaired) electrons. The van der Waals surface area contributed by atoms with Crippen molar-refractivity contribution in [2.24, 2.45) is 0 Å². The molecule has 0 aliphatic rings. The number of ether oxygens (including phenoxy) is 1. The number of aromatic nitrogens is 1. The summed E-state index contributed by atoms with van der Waals surface area (Å²) in [4.78, 5) is 4.03. The summed E-state index contributed by atoms with van der Waals surface area (Å²) in [6.07, 6.45) is 2.73. The van der Waals surface area contributed by atoms with E-state index in [9.17, 15) is 0 Å². The van der Waals surface area contributed by atoms with Crippen LogP contribution in [0.4, 0.5) is 0 Å². The van der Waals surface area contributed by atoms with E-state index in [-0.39, 0.29) is 12.0 Å². The Bertz CT molecular complexity index is 561. The van der Waals surface area contributed by atoms with Crippen molar-refractivity contribution < 1.29 is 9.84 Å². The van der Waals surface area contributed by atoms with Gasteiger partial charge < -0.3 is 9.84 Å². The number of aliphatic hydroxyl groups excluding tert-OH is 1. The summed E-state index contributed by atoms with van der Waals surface area (Å²) in [5.74, 6) is 1.47. The average molecular weight is 271 g/mol. The summed E-state index contributed by atoms with van der Waals surface area (Å²) in [6.45, 7) is 6.58. The van der Waals surface area contributed by atoms with Crippen LogP contribution in [-0.2, 0) is 12.0 Å². The van der Waals surface area contributed by atoms with Crippen LogP contribution in [0.5, 0.6) is 11.5 Å². The van der Waals surface area contributed by atoms with Gasteiger partial charge in [0.25, 0.3) is 0 Å². The number of rotatable bonds is 5. The van der Waals surface area contributed by atoms with Crippen molar-refractivity contribution in [1.82, 2.24) is 4.98 Å². The molecule has 0 aliphatic carbocycles. The molecule has 0 unspecified atom stereocenters. The Balaban J connectivity index is 2.14. The van der Waals surface area contributed by atoms with Gasteiger partial charge in [0.05, 0.1) is 12.3 Å². The molecule has 1 N–H and O–H groups in total. The Hall–Kier alpha value is -1.87. The first-order valence-corrected chi connectivity index (χ1v) is 6.89. The topological polar surface area (TPSA) is 42.4 Å². The van der Waals surface area contributed by atoms with Crippen LogP contribution >= 0.6 is 0 Å². The maximum Gasteiger partial charge on any atom is 0.130 e. The SMILES string of the molecule is CCC(C)(C)c1ccc(Oc2ccnc(CO)c2)cc1. The van der Waals surface area contributed by atoms with Gasteiger partial charge in [-0.3, -0.25) is 4.98 Å². The van der Waals surface area contributed by atoms with Crippen molar-refractivity contribution in [3.63, 3.8) is 0 Å². The fourth-order valence-electron chi connectivity index (χ4n) is 1.92. The predicted molar refractivity (Wildman–Crippen MR) is 80.0 cm³/mol. The zero-order chi connectivity index (χ0) is 14.6. The van der Waals surface area contributed by atoms with E-state index in [1.807, 2.05) is 12.1 Å². The van der Waals surface area contributed by atoms with E-state index in [4.69, 9.17) is 9.84 Å². The Labute approximate surface area is 120 Å². The molecule has 0 amide bonds. The van der Waals surface area contributed by atoms with Crippen molar-refractivity contribution in [2.45, 2.75) is 39.2 Å². The van der Waals surface area contributed by atoms with Crippen LogP contribution < -0.4 is 4.74 Å². The lowest BCUT2D eigenvalue weighted by Gasteiger charge is -2.23. The largest absolute Gasteiger partial charge is 0.457 e. The highest BCUT2D eigenvalue weighted by Crippen LogP contribution is 2.29. The highest BCUT2D eigenvalue weighted by molar-refractivity contribution is 5.35. The highest BCUT2D eigenvalue weighted by Gasteiger charge is 2.17. The Kier molecular flexibility index (Phi) is 4.40. The zero-order valence-electron chi connectivity index (χ0n) is 12.3. The third kappa shape index (κ3) is 3.36. The molecule has 0 fully saturated rings. The van der Waals surface area contributed by atoms with Crippen LogP contribution in [0, 0.1) is 0 Å². The van der Waals surface area contributed by atoms with E-state index < -0.39 is 0 Å². The number of aliphatic hydroxyl groups is 1. The third-order valence-electron chi connectivity index (χ3n) is 3.71. The van der Waals surface area contributed by atoms with Gasteiger partial charge in [-0.05, 0) is 35.6 Å². The fourth-order valence-corrected chi connectivity index (χ4v) is 1.92. The second-order valence-corrected chi connectivity index (χ2v) is 5.50. The van der Waals surface area contributed by atoms with Gasteiger partial charge in [0.1, 0.15) is 11.5 Å². The first-order valence-electron chi connectivity index (χ1n) is 6.89. The van der Waals surface area contributed by atoms with E-state index in [0.29, 0.717) is 11.4 Å². The van der Waals surface area contributed by atoms with E-state index >= 15 is 0 Å². The van der Waals surface area contributed by atoms with Gasteiger partial charge in [-0.1, -0.05) is 32.9 Å². The number of hydrogen-bond acceptors (Lipinski definition) is 3. The lowest BCUT2D eigenvalue weighted by atomic mass is 9.82. The van der Waals surface area contributed by atoms with Crippen LogP contribution in [-0.4, -0.2) is 10.1 Å². The standard InChI is InChI=1S/C17H21NO2/c1-4-17(2,3)13-5-7-15(8-6-13)20-16-9-10-18-14(11-16)12-19/h5-11,19H,4,12H2,1-3H3. The molecule has 0 saturated carbocycles. The molecule has 20 heavy (non-hydrogen) atoms. The van der Waals surface area contributed by atoms with Gasteiger partial charge in [-0.2, -0.15) is 0 Å². The molecular formula is C17H21NO2. The quantitative estimate of drug-likeness (QED) is 0.892. The van der Waals surface area contributed by atoms with E-state index in [2.05, 4.69) is 37.9 Å². The van der Waals surface area contributed by atoms with Crippen molar-refractivity contribution in [2.75, 3.05) is 0 Å². The molecule has 0 atom stereocenters. The van der Waals surface area contributed by atoms with Crippen molar-refractivity contribution in [3.05, 3.63) is 53.9 Å². The van der Waals surface area contributed by atoms with E-state index in [1.165, 1.54) is 5.56 Å². The maximum atomic E-state index is 9.06. The summed E-state index contributed by atoms with van der Waals surface area (Å²) in [6, 6.07) is 11.7. The normalized spacial score (nSPS) is 11.4. The Morgan fingerprint density at radius 2 is 1.80 bits per heavy atom. The van der Waals surface area contributed by atoms with Crippen LogP contribution in [0.2, 0.25) is 0 Å². The van der Waals surface area contributed by atoms with Gasteiger partial charge >= 0.3 is 0 Å². The Morgan fingerprint density at radius 3 is 2.40 bits per heavy atom. The van der Waals surface area contributed by atoms with Gasteiger partial charge in [0, 0.05) is 12.3 Å². The minimum Gasteiger partial charge on any atom is -0.457 e. The molecule has 1 aromatic carbocycles. The number of pyridine rings is 1. The van der Waals surface area contributed by atoms with Crippen molar-refractivity contribution in [1.29, 1.82) is 0 Å². The fraction of sp³-hybridized carbons (Fsp3) is 0.353. The third-order valence-corrected chi connectivity index (χ3v) is 3.71. The molecule has 0 aliphatic heterocycles. The smallest absolute Gasteiger partial charge is 0.130 e. The van der Waals surface area contributed by atoms with Crippen LogP contribution in [0.1, 0.15) is 38.4 Å². The van der Waals surface area contributed by atoms with Crippen LogP contribution in [0.3, 0.4) is 0 Å². The van der Waals surface area contributed by atoms with Gasteiger partial charge in [0.2, 0.25) is 0 Å². The predicted octanol–water partition coefficient (Wildman–Crippen LogP) is 4.05. The second-order valence-electron chi connectivity index (χ2n) is 5.50. The average Bonchev–Trinajstić information content (AvgIpc) is 2.48. The van der Waals surface area contributed by atoms with Crippen molar-refractivity contribution >= 4 is 0 Å². The van der Waals surface area contributed by atoms with Gasteiger partial charge in [-0.15, -0.1) is 0 Å². The first kappa shape index (κ1) is 14.5. The molecular weight excluding hydrogens is 250 g/mol. The van der Waals surface area contributed by atoms with Gasteiger partial charge in [0.15, 0.2) is 0 Å². The maximum absolute atomic E-state index is 9.06. The van der Waals surface area contributed by atoms with Crippen LogP contribution in [0.15, 0.2) is 42.6 Å². The minimum atomic E-state index is -0.0825. The van der Waals surface area contributed by atoms with Crippen molar-refractivity contribution in [3.8, 4) is 11.5 Å². The second kappa shape index (κ2) is 6.06. The minimum absolute atomic E-state index is 0.0825. The molecule has 106 valence electrons. The molecule has 0 saturated heterocycles. The van der Waals surface area contributed by atoms with Crippen LogP contribution in [0.25, 0.3) is 0 Å². The number of hydrogen-bond donors (Lipinski definition) is 1. The lowest BCUT2D eigenvalue weighted by molar-refractivity contribution is 0.276. The Morgan fingerprint density at radius 1 is 1.10 bits per heavy atom. The van der Waals surface area contributed by atoms with E-state index in [0.717, 1.165) is 12.2 Å². The summed E-state index contributed by atoms with van der Waals surface area (Å²) in [5, 5.41) is 9.06. The number of nitrogens with zero attached hydrogens (tertiary/aromatic N) is 1. The van der Waals surface area contributed by atoms with E-state index in [1.54, 1.807) is 18.3 Å². The summed E-state index contributed by atoms with van der Waals surface area (Å²) in [5.41, 5.74) is 2.09. The summed E-state index contributed by atoms with van der Waals surface area (Å²) < 4.78 is 5.77.